The predicted molar refractivity (Wildman–Crippen MR) is 119 cm³/mol. The lowest BCUT2D eigenvalue weighted by molar-refractivity contribution is -0.142. The van der Waals surface area contributed by atoms with Crippen molar-refractivity contribution >= 4 is 17.7 Å². The van der Waals surface area contributed by atoms with Crippen LogP contribution in [0.5, 0.6) is 11.5 Å². The van der Waals surface area contributed by atoms with E-state index in [1.165, 1.54) is 30.2 Å². The summed E-state index contributed by atoms with van der Waals surface area (Å²) in [5.41, 5.74) is 0.206. The third-order valence-electron chi connectivity index (χ3n) is 5.49. The smallest absolute Gasteiger partial charge is 0.418 e. The molecule has 2 aromatic rings. The summed E-state index contributed by atoms with van der Waals surface area (Å²) < 4.78 is 56.4. The Labute approximate surface area is 195 Å². The highest BCUT2D eigenvalue weighted by molar-refractivity contribution is 5.91. The van der Waals surface area contributed by atoms with Crippen LogP contribution in [0.1, 0.15) is 43.0 Å². The van der Waals surface area contributed by atoms with E-state index in [0.29, 0.717) is 36.7 Å². The van der Waals surface area contributed by atoms with E-state index in [1.807, 2.05) is 19.9 Å². The van der Waals surface area contributed by atoms with E-state index in [-0.39, 0.29) is 18.7 Å². The molecular formula is C24H27F3N2O5. The number of rotatable bonds is 7. The molecule has 2 aromatic carbocycles. The number of alkyl halides is 3. The third kappa shape index (κ3) is 5.55. The molecule has 1 aliphatic rings. The van der Waals surface area contributed by atoms with Crippen LogP contribution < -0.4 is 14.8 Å². The van der Waals surface area contributed by atoms with Gasteiger partial charge in [-0.15, -0.1) is 0 Å². The Balaban J connectivity index is 1.98. The number of carbonyl (C=O) groups is 2. The lowest BCUT2D eigenvalue weighted by Gasteiger charge is -2.37. The lowest BCUT2D eigenvalue weighted by Crippen LogP contribution is -2.43. The molecule has 1 atom stereocenters. The van der Waals surface area contributed by atoms with Gasteiger partial charge in [-0.1, -0.05) is 12.1 Å². The molecule has 0 fully saturated rings. The lowest BCUT2D eigenvalue weighted by atomic mass is 9.90. The van der Waals surface area contributed by atoms with Crippen LogP contribution in [0.3, 0.4) is 0 Å². The maximum absolute atomic E-state index is 13.4. The maximum Gasteiger partial charge on any atom is 0.418 e. The molecule has 0 radical (unpaired) electrons. The van der Waals surface area contributed by atoms with E-state index in [4.69, 9.17) is 14.2 Å². The highest BCUT2D eigenvalue weighted by atomic mass is 19.4. The van der Waals surface area contributed by atoms with Gasteiger partial charge < -0.3 is 24.4 Å². The van der Waals surface area contributed by atoms with Gasteiger partial charge in [0.1, 0.15) is 0 Å². The van der Waals surface area contributed by atoms with E-state index >= 15 is 0 Å². The number of hydrogen-bond acceptors (Lipinski definition) is 5. The van der Waals surface area contributed by atoms with E-state index < -0.39 is 29.8 Å². The first kappa shape index (κ1) is 25.2. The number of nitrogens with zero attached hydrogens (tertiary/aromatic N) is 1. The van der Waals surface area contributed by atoms with E-state index in [2.05, 4.69) is 5.32 Å². The molecule has 3 rings (SSSR count). The summed E-state index contributed by atoms with van der Waals surface area (Å²) in [6, 6.07) is 6.79. The minimum absolute atomic E-state index is 0.169. The number of esters is 1. The zero-order valence-corrected chi connectivity index (χ0v) is 19.2. The van der Waals surface area contributed by atoms with Gasteiger partial charge >= 0.3 is 18.2 Å². The average molecular weight is 480 g/mol. The number of amides is 2. The van der Waals surface area contributed by atoms with Crippen molar-refractivity contribution in [1.82, 2.24) is 4.90 Å². The zero-order valence-electron chi connectivity index (χ0n) is 19.2. The number of ether oxygens (including phenoxy) is 3. The Kier molecular flexibility index (Phi) is 7.90. The van der Waals surface area contributed by atoms with Crippen molar-refractivity contribution in [1.29, 1.82) is 0 Å². The van der Waals surface area contributed by atoms with Crippen molar-refractivity contribution in [2.45, 2.75) is 38.9 Å². The number of carbonyl (C=O) groups excluding carboxylic acids is 2. The van der Waals surface area contributed by atoms with Crippen LogP contribution in [0.15, 0.2) is 36.4 Å². The molecule has 0 saturated heterocycles. The molecule has 0 bridgehead atoms. The second kappa shape index (κ2) is 10.7. The Morgan fingerprint density at radius 3 is 2.35 bits per heavy atom. The van der Waals surface area contributed by atoms with Crippen molar-refractivity contribution in [3.8, 4) is 11.5 Å². The van der Waals surface area contributed by atoms with Crippen LogP contribution in [-0.4, -0.2) is 43.8 Å². The molecule has 7 nitrogen and oxygen atoms in total. The van der Waals surface area contributed by atoms with Gasteiger partial charge in [0.2, 0.25) is 0 Å². The number of para-hydroxylation sites is 1. The minimum Gasteiger partial charge on any atom is -0.490 e. The molecule has 0 saturated carbocycles. The predicted octanol–water partition coefficient (Wildman–Crippen LogP) is 5.20. The summed E-state index contributed by atoms with van der Waals surface area (Å²) in [5, 5.41) is 2.37. The largest absolute Gasteiger partial charge is 0.490 e. The van der Waals surface area contributed by atoms with Crippen LogP contribution in [0, 0.1) is 0 Å². The van der Waals surface area contributed by atoms with Gasteiger partial charge in [0.05, 0.1) is 44.0 Å². The summed E-state index contributed by atoms with van der Waals surface area (Å²) in [4.78, 5) is 26.7. The van der Waals surface area contributed by atoms with Crippen LogP contribution in [0.2, 0.25) is 0 Å². The van der Waals surface area contributed by atoms with E-state index in [0.717, 1.165) is 11.6 Å². The summed E-state index contributed by atoms with van der Waals surface area (Å²) in [6.07, 6.45) is -4.38. The van der Waals surface area contributed by atoms with Gasteiger partial charge in [0.25, 0.3) is 0 Å². The van der Waals surface area contributed by atoms with Gasteiger partial charge in [-0.2, -0.15) is 13.2 Å². The first-order chi connectivity index (χ1) is 16.2. The minimum atomic E-state index is -4.63. The maximum atomic E-state index is 13.4. The molecule has 1 N–H and O–H groups in total. The summed E-state index contributed by atoms with van der Waals surface area (Å²) in [7, 11) is 1.24. The number of urea groups is 1. The Hall–Kier alpha value is -3.43. The normalized spacial score (nSPS) is 15.4. The molecule has 0 aliphatic carbocycles. The van der Waals surface area contributed by atoms with Gasteiger partial charge in [0, 0.05) is 6.54 Å². The molecule has 0 aromatic heterocycles. The molecule has 184 valence electrons. The second-order valence-electron chi connectivity index (χ2n) is 7.58. The van der Waals surface area contributed by atoms with Crippen molar-refractivity contribution in [2.24, 2.45) is 0 Å². The Morgan fingerprint density at radius 2 is 1.74 bits per heavy atom. The third-order valence-corrected chi connectivity index (χ3v) is 5.49. The first-order valence-corrected chi connectivity index (χ1v) is 10.9. The first-order valence-electron chi connectivity index (χ1n) is 10.9. The van der Waals surface area contributed by atoms with Crippen molar-refractivity contribution < 1.29 is 37.0 Å². The molecule has 34 heavy (non-hydrogen) atoms. The van der Waals surface area contributed by atoms with Crippen molar-refractivity contribution in [3.63, 3.8) is 0 Å². The fraction of sp³-hybridized carbons (Fsp3) is 0.417. The number of fused-ring (bicyclic) bond motifs is 1. The van der Waals surface area contributed by atoms with Gasteiger partial charge in [-0.25, -0.2) is 4.79 Å². The topological polar surface area (TPSA) is 77.1 Å². The van der Waals surface area contributed by atoms with Gasteiger partial charge in [0.15, 0.2) is 11.5 Å². The summed E-state index contributed by atoms with van der Waals surface area (Å²) >= 11 is 0. The van der Waals surface area contributed by atoms with Crippen LogP contribution in [0.4, 0.5) is 23.7 Å². The molecule has 2 amide bonds. The summed E-state index contributed by atoms with van der Waals surface area (Å²) in [6.45, 7) is 4.66. The van der Waals surface area contributed by atoms with Crippen molar-refractivity contribution in [3.05, 3.63) is 53.1 Å². The number of benzene rings is 2. The second-order valence-corrected chi connectivity index (χ2v) is 7.58. The fourth-order valence-electron chi connectivity index (χ4n) is 3.98. The fourth-order valence-corrected chi connectivity index (χ4v) is 3.98. The Bertz CT molecular complexity index is 1040. The van der Waals surface area contributed by atoms with E-state index in [9.17, 15) is 22.8 Å². The van der Waals surface area contributed by atoms with Crippen molar-refractivity contribution in [2.75, 3.05) is 32.2 Å². The van der Waals surface area contributed by atoms with Crippen LogP contribution in [0.25, 0.3) is 0 Å². The molecule has 10 heteroatoms. The number of methoxy groups -OCH3 is 1. The van der Waals surface area contributed by atoms with Gasteiger partial charge in [-0.05, 0) is 55.7 Å². The number of hydrogen-bond donors (Lipinski definition) is 1. The molecule has 1 heterocycles. The van der Waals surface area contributed by atoms with Gasteiger partial charge in [-0.3, -0.25) is 4.79 Å². The zero-order chi connectivity index (χ0) is 24.9. The molecule has 1 unspecified atom stereocenters. The highest BCUT2D eigenvalue weighted by Gasteiger charge is 2.37. The standard InChI is InChI=1S/C24H27F3N2O5/c1-4-33-20-12-15-10-11-29(19(14-22(30)32-3)16(15)13-21(20)34-5-2)23(31)28-18-9-7-6-8-17(18)24(25,26)27/h6-9,12-13,19H,4-5,10-11,14H2,1-3H3,(H,28,31). The van der Waals surface area contributed by atoms with Crippen LogP contribution in [-0.2, 0) is 22.1 Å². The number of anilines is 1. The Morgan fingerprint density at radius 1 is 1.09 bits per heavy atom. The molecular weight excluding hydrogens is 453 g/mol. The average Bonchev–Trinajstić information content (AvgIpc) is 2.79. The monoisotopic (exact) mass is 480 g/mol. The quantitative estimate of drug-likeness (QED) is 0.552. The van der Waals surface area contributed by atoms with Crippen LogP contribution >= 0.6 is 0 Å². The summed E-state index contributed by atoms with van der Waals surface area (Å²) in [5.74, 6) is 0.456. The SMILES string of the molecule is CCOc1cc2c(cc1OCC)C(CC(=O)OC)N(C(=O)Nc1ccccc1C(F)(F)F)CC2. The molecule has 1 aliphatic heterocycles. The number of halogens is 3. The number of nitrogens with one attached hydrogen (secondary N) is 1. The molecule has 0 spiro atoms. The highest BCUT2D eigenvalue weighted by Crippen LogP contribution is 2.41. The van der Waals surface area contributed by atoms with E-state index in [1.54, 1.807) is 6.07 Å².